The second-order valence-electron chi connectivity index (χ2n) is 3.11. The highest BCUT2D eigenvalue weighted by Crippen LogP contribution is 2.23. The molecule has 15 heavy (non-hydrogen) atoms. The monoisotopic (exact) mass is 297 g/mol. The van der Waals surface area contributed by atoms with Gasteiger partial charge in [-0.3, -0.25) is 9.69 Å². The van der Waals surface area contributed by atoms with Crippen molar-refractivity contribution in [1.82, 2.24) is 4.90 Å². The lowest BCUT2D eigenvalue weighted by atomic mass is 10.3. The largest absolute Gasteiger partial charge is 0.293 e. The molecule has 0 saturated heterocycles. The Morgan fingerprint density at radius 3 is 2.80 bits per heavy atom. The number of halogens is 3. The first-order valence-electron chi connectivity index (χ1n) is 4.23. The highest BCUT2D eigenvalue weighted by atomic mass is 79.9. The van der Waals surface area contributed by atoms with E-state index in [2.05, 4.69) is 15.9 Å². The van der Waals surface area contributed by atoms with Gasteiger partial charge < -0.3 is 0 Å². The van der Waals surface area contributed by atoms with Crippen molar-refractivity contribution >= 4 is 33.0 Å². The third kappa shape index (κ3) is 3.96. The van der Waals surface area contributed by atoms with E-state index < -0.39 is 6.43 Å². The van der Waals surface area contributed by atoms with Crippen LogP contribution in [-0.4, -0.2) is 37.2 Å². The Balaban J connectivity index is 2.53. The number of carbonyl (C=O) groups is 1. The molecule has 1 heterocycles. The molecule has 0 aliphatic carbocycles. The SMILES string of the molecule is CN(CC(=O)c1sccc1Br)CC(F)F. The fourth-order valence-electron chi connectivity index (χ4n) is 1.11. The average molecular weight is 298 g/mol. The third-order valence-corrected chi connectivity index (χ3v) is 3.61. The number of ketones is 1. The molecule has 0 aromatic carbocycles. The quantitative estimate of drug-likeness (QED) is 0.779. The molecular formula is C9H10BrF2NOS. The van der Waals surface area contributed by atoms with Crippen LogP contribution < -0.4 is 0 Å². The second kappa shape index (κ2) is 5.67. The van der Waals surface area contributed by atoms with E-state index in [0.717, 1.165) is 4.47 Å². The van der Waals surface area contributed by atoms with E-state index in [0.29, 0.717) is 4.88 Å². The summed E-state index contributed by atoms with van der Waals surface area (Å²) < 4.78 is 24.7. The zero-order chi connectivity index (χ0) is 11.4. The molecule has 0 aliphatic heterocycles. The van der Waals surface area contributed by atoms with Gasteiger partial charge in [0.1, 0.15) is 0 Å². The molecule has 2 nitrogen and oxygen atoms in total. The van der Waals surface area contributed by atoms with E-state index in [9.17, 15) is 13.6 Å². The van der Waals surface area contributed by atoms with Crippen LogP contribution in [0.2, 0.25) is 0 Å². The number of thiophene rings is 1. The number of likely N-dealkylation sites (N-methyl/N-ethyl adjacent to an activating group) is 1. The van der Waals surface area contributed by atoms with Crippen LogP contribution in [0.25, 0.3) is 0 Å². The van der Waals surface area contributed by atoms with E-state index >= 15 is 0 Å². The minimum atomic E-state index is -2.41. The maximum absolute atomic E-state index is 12.0. The molecule has 84 valence electrons. The van der Waals surface area contributed by atoms with Crippen LogP contribution >= 0.6 is 27.3 Å². The van der Waals surface area contributed by atoms with Crippen LogP contribution in [-0.2, 0) is 0 Å². The van der Waals surface area contributed by atoms with Crippen molar-refractivity contribution in [2.45, 2.75) is 6.43 Å². The molecule has 1 rings (SSSR count). The molecular weight excluding hydrogens is 288 g/mol. The number of hydrogen-bond donors (Lipinski definition) is 0. The summed E-state index contributed by atoms with van der Waals surface area (Å²) in [6.07, 6.45) is -2.41. The molecule has 0 radical (unpaired) electrons. The first-order valence-corrected chi connectivity index (χ1v) is 5.91. The van der Waals surface area contributed by atoms with Gasteiger partial charge >= 0.3 is 0 Å². The Morgan fingerprint density at radius 1 is 1.67 bits per heavy atom. The maximum Gasteiger partial charge on any atom is 0.251 e. The predicted octanol–water partition coefficient (Wildman–Crippen LogP) is 2.89. The number of carbonyl (C=O) groups excluding carboxylic acids is 1. The van der Waals surface area contributed by atoms with E-state index in [1.54, 1.807) is 11.4 Å². The molecule has 1 aromatic heterocycles. The van der Waals surface area contributed by atoms with Crippen molar-refractivity contribution in [2.75, 3.05) is 20.1 Å². The molecule has 0 N–H and O–H groups in total. The number of rotatable bonds is 5. The Kier molecular flexibility index (Phi) is 4.82. The van der Waals surface area contributed by atoms with E-state index in [-0.39, 0.29) is 18.9 Å². The topological polar surface area (TPSA) is 20.3 Å². The summed E-state index contributed by atoms with van der Waals surface area (Å²) in [4.78, 5) is 13.5. The van der Waals surface area contributed by atoms with E-state index in [1.807, 2.05) is 0 Å². The van der Waals surface area contributed by atoms with Gasteiger partial charge in [-0.15, -0.1) is 11.3 Å². The molecule has 0 bridgehead atoms. The first kappa shape index (κ1) is 12.7. The number of Topliss-reactive ketones (excluding diaryl/α,β-unsaturated/α-hetero) is 1. The van der Waals surface area contributed by atoms with Gasteiger partial charge in [0.25, 0.3) is 6.43 Å². The summed E-state index contributed by atoms with van der Waals surface area (Å²) >= 11 is 4.54. The van der Waals surface area contributed by atoms with Gasteiger partial charge in [-0.1, -0.05) is 0 Å². The average Bonchev–Trinajstić information content (AvgIpc) is 2.49. The summed E-state index contributed by atoms with van der Waals surface area (Å²) in [5.74, 6) is -0.139. The summed E-state index contributed by atoms with van der Waals surface area (Å²) in [6.45, 7) is -0.363. The zero-order valence-corrected chi connectivity index (χ0v) is 10.4. The number of alkyl halides is 2. The smallest absolute Gasteiger partial charge is 0.251 e. The molecule has 0 saturated carbocycles. The normalized spacial score (nSPS) is 11.3. The molecule has 6 heteroatoms. The number of nitrogens with zero attached hydrogens (tertiary/aromatic N) is 1. The van der Waals surface area contributed by atoms with Gasteiger partial charge in [0.05, 0.1) is 18.0 Å². The molecule has 0 atom stereocenters. The summed E-state index contributed by atoms with van der Waals surface area (Å²) in [7, 11) is 1.51. The minimum Gasteiger partial charge on any atom is -0.293 e. The molecule has 0 amide bonds. The van der Waals surface area contributed by atoms with Crippen LogP contribution in [0.1, 0.15) is 9.67 Å². The first-order chi connectivity index (χ1) is 7.00. The molecule has 0 unspecified atom stereocenters. The van der Waals surface area contributed by atoms with Crippen molar-refractivity contribution in [3.05, 3.63) is 20.8 Å². The lowest BCUT2D eigenvalue weighted by Gasteiger charge is -2.14. The highest BCUT2D eigenvalue weighted by molar-refractivity contribution is 9.10. The van der Waals surface area contributed by atoms with Gasteiger partial charge in [0, 0.05) is 4.47 Å². The Morgan fingerprint density at radius 2 is 2.33 bits per heavy atom. The molecule has 0 aliphatic rings. The minimum absolute atomic E-state index is 0.0173. The van der Waals surface area contributed by atoms with E-state index in [1.165, 1.54) is 23.3 Å². The fraction of sp³-hybridized carbons (Fsp3) is 0.444. The second-order valence-corrected chi connectivity index (χ2v) is 4.88. The van der Waals surface area contributed by atoms with Crippen LogP contribution in [0.15, 0.2) is 15.9 Å². The fourth-order valence-corrected chi connectivity index (χ4v) is 2.64. The lowest BCUT2D eigenvalue weighted by Crippen LogP contribution is -2.30. The van der Waals surface area contributed by atoms with Crippen molar-refractivity contribution in [2.24, 2.45) is 0 Å². The van der Waals surface area contributed by atoms with Crippen molar-refractivity contribution < 1.29 is 13.6 Å². The Hall–Kier alpha value is -0.330. The van der Waals surface area contributed by atoms with Crippen LogP contribution in [0.3, 0.4) is 0 Å². The van der Waals surface area contributed by atoms with Gasteiger partial charge in [0.2, 0.25) is 0 Å². The standard InChI is InChI=1S/C9H10BrF2NOS/c1-13(5-8(11)12)4-7(14)9-6(10)2-3-15-9/h2-3,8H,4-5H2,1H3. The van der Waals surface area contributed by atoms with Crippen LogP contribution in [0.5, 0.6) is 0 Å². The number of hydrogen-bond acceptors (Lipinski definition) is 3. The molecule has 0 spiro atoms. The summed E-state index contributed by atoms with van der Waals surface area (Å²) in [5, 5.41) is 1.78. The third-order valence-electron chi connectivity index (χ3n) is 1.73. The Labute approximate surface area is 99.0 Å². The van der Waals surface area contributed by atoms with Gasteiger partial charge in [-0.05, 0) is 34.4 Å². The van der Waals surface area contributed by atoms with Gasteiger partial charge in [-0.25, -0.2) is 8.78 Å². The van der Waals surface area contributed by atoms with Gasteiger partial charge in [0.15, 0.2) is 5.78 Å². The summed E-state index contributed by atoms with van der Waals surface area (Å²) in [6, 6.07) is 1.77. The Bertz CT molecular complexity index is 343. The summed E-state index contributed by atoms with van der Waals surface area (Å²) in [5.41, 5.74) is 0. The van der Waals surface area contributed by atoms with E-state index in [4.69, 9.17) is 0 Å². The molecule has 1 aromatic rings. The maximum atomic E-state index is 12.0. The van der Waals surface area contributed by atoms with Crippen molar-refractivity contribution in [1.29, 1.82) is 0 Å². The van der Waals surface area contributed by atoms with Crippen molar-refractivity contribution in [3.63, 3.8) is 0 Å². The lowest BCUT2D eigenvalue weighted by molar-refractivity contribution is 0.0822. The zero-order valence-electron chi connectivity index (χ0n) is 8.04. The highest BCUT2D eigenvalue weighted by Gasteiger charge is 2.15. The van der Waals surface area contributed by atoms with Crippen molar-refractivity contribution in [3.8, 4) is 0 Å². The predicted molar refractivity (Wildman–Crippen MR) is 59.9 cm³/mol. The van der Waals surface area contributed by atoms with Gasteiger partial charge in [-0.2, -0.15) is 0 Å². The molecule has 0 fully saturated rings. The van der Waals surface area contributed by atoms with Crippen LogP contribution in [0.4, 0.5) is 8.78 Å². The van der Waals surface area contributed by atoms with Crippen LogP contribution in [0, 0.1) is 0 Å².